The Bertz CT molecular complexity index is 1140. The van der Waals surface area contributed by atoms with E-state index < -0.39 is 11.9 Å². The molecule has 0 amide bonds. The van der Waals surface area contributed by atoms with Gasteiger partial charge in [0.15, 0.2) is 5.78 Å². The van der Waals surface area contributed by atoms with Gasteiger partial charge < -0.3 is 10.5 Å². The van der Waals surface area contributed by atoms with E-state index in [0.29, 0.717) is 34.9 Å². The number of rotatable bonds is 3. The van der Waals surface area contributed by atoms with Gasteiger partial charge in [-0.05, 0) is 55.2 Å². The van der Waals surface area contributed by atoms with Crippen molar-refractivity contribution in [2.75, 3.05) is 12.0 Å². The number of nitrogens with two attached hydrogens (primary N) is 1. The summed E-state index contributed by atoms with van der Waals surface area (Å²) in [6.45, 7) is 1.89. The minimum atomic E-state index is -0.622. The van der Waals surface area contributed by atoms with Crippen LogP contribution < -0.4 is 10.6 Å². The molecule has 0 spiro atoms. The van der Waals surface area contributed by atoms with Gasteiger partial charge in [0.2, 0.25) is 0 Å². The molecule has 0 aromatic heterocycles. The highest BCUT2D eigenvalue weighted by molar-refractivity contribution is 6.31. The molecule has 2 aromatic carbocycles. The number of nitrogens with zero attached hydrogens (tertiary/aromatic N) is 1. The summed E-state index contributed by atoms with van der Waals surface area (Å²) in [6, 6.07) is 12.6. The summed E-state index contributed by atoms with van der Waals surface area (Å²) >= 11 is 12.5. The number of allylic oxidation sites excluding steroid dienone is 2. The standard InChI is InChI=1S/C24H22Cl2N2O3/c1-13-16(26)5-3-6-17(13)28-18-7-4-8-19(29)21(18)20(14-9-11-15(25)12-10-14)22(23(28)27)24(30)31-2/h3,5-6,9-12,20H,4,7-8,27H2,1-2H3/t20-/m1/s1. The van der Waals surface area contributed by atoms with Gasteiger partial charge in [0.1, 0.15) is 5.82 Å². The summed E-state index contributed by atoms with van der Waals surface area (Å²) < 4.78 is 5.10. The first-order chi connectivity index (χ1) is 14.8. The van der Waals surface area contributed by atoms with E-state index in [1.165, 1.54) is 7.11 Å². The third-order valence-electron chi connectivity index (χ3n) is 5.88. The minimum absolute atomic E-state index is 0.000200. The molecule has 7 heteroatoms. The van der Waals surface area contributed by atoms with Crippen molar-refractivity contribution >= 4 is 40.6 Å². The maximum Gasteiger partial charge on any atom is 0.338 e. The fourth-order valence-electron chi connectivity index (χ4n) is 4.40. The number of hydrogen-bond donors (Lipinski definition) is 1. The molecule has 0 unspecified atom stereocenters. The zero-order valence-electron chi connectivity index (χ0n) is 17.2. The number of carbonyl (C=O) groups excluding carboxylic acids is 2. The Balaban J connectivity index is 2.03. The van der Waals surface area contributed by atoms with E-state index in [1.807, 2.05) is 31.2 Å². The second-order valence-corrected chi connectivity index (χ2v) is 8.48. The SMILES string of the molecule is COC(=O)C1=C(N)N(c2cccc(Cl)c2C)C2=C(C(=O)CCC2)[C@H]1c1ccc(Cl)cc1. The number of carbonyl (C=O) groups is 2. The average Bonchev–Trinajstić information content (AvgIpc) is 2.76. The maximum atomic E-state index is 13.2. The van der Waals surface area contributed by atoms with Gasteiger partial charge in [0.25, 0.3) is 0 Å². The van der Waals surface area contributed by atoms with Crippen molar-refractivity contribution in [2.24, 2.45) is 5.73 Å². The Morgan fingerprint density at radius 1 is 1.13 bits per heavy atom. The summed E-state index contributed by atoms with van der Waals surface area (Å²) in [4.78, 5) is 28.0. The number of esters is 1. The quantitative estimate of drug-likeness (QED) is 0.637. The number of benzene rings is 2. The number of anilines is 1. The molecule has 31 heavy (non-hydrogen) atoms. The third kappa shape index (κ3) is 3.62. The Morgan fingerprint density at radius 3 is 2.52 bits per heavy atom. The largest absolute Gasteiger partial charge is 0.466 e. The second-order valence-electron chi connectivity index (χ2n) is 7.63. The van der Waals surface area contributed by atoms with Crippen LogP contribution in [0.3, 0.4) is 0 Å². The second kappa shape index (κ2) is 8.40. The Hall–Kier alpha value is -2.76. The number of methoxy groups -OCH3 is 1. The summed E-state index contributed by atoms with van der Waals surface area (Å²) in [5.41, 5.74) is 10.6. The van der Waals surface area contributed by atoms with E-state index in [0.717, 1.165) is 22.5 Å². The first-order valence-electron chi connectivity index (χ1n) is 10.00. The summed E-state index contributed by atoms with van der Waals surface area (Å²) in [5, 5.41) is 1.14. The van der Waals surface area contributed by atoms with Crippen molar-refractivity contribution in [1.29, 1.82) is 0 Å². The lowest BCUT2D eigenvalue weighted by Gasteiger charge is -2.41. The van der Waals surface area contributed by atoms with E-state index >= 15 is 0 Å². The highest BCUT2D eigenvalue weighted by Crippen LogP contribution is 2.47. The number of halogens is 2. The van der Waals surface area contributed by atoms with Crippen LogP contribution in [0.4, 0.5) is 5.69 Å². The molecule has 1 heterocycles. The first-order valence-corrected chi connectivity index (χ1v) is 10.8. The van der Waals surface area contributed by atoms with Crippen LogP contribution in [0.1, 0.15) is 36.3 Å². The smallest absolute Gasteiger partial charge is 0.338 e. The fourth-order valence-corrected chi connectivity index (χ4v) is 4.69. The van der Waals surface area contributed by atoms with Gasteiger partial charge in [-0.1, -0.05) is 41.4 Å². The molecule has 1 atom stereocenters. The highest BCUT2D eigenvalue weighted by atomic mass is 35.5. The monoisotopic (exact) mass is 456 g/mol. The van der Waals surface area contributed by atoms with Gasteiger partial charge in [0.05, 0.1) is 24.3 Å². The van der Waals surface area contributed by atoms with E-state index in [1.54, 1.807) is 23.1 Å². The van der Waals surface area contributed by atoms with E-state index in [9.17, 15) is 9.59 Å². The molecule has 0 saturated heterocycles. The van der Waals surface area contributed by atoms with Gasteiger partial charge in [-0.2, -0.15) is 0 Å². The van der Waals surface area contributed by atoms with Crippen LogP contribution in [0.2, 0.25) is 10.0 Å². The molecule has 2 aliphatic rings. The molecule has 2 aromatic rings. The molecule has 1 aliphatic heterocycles. The Morgan fingerprint density at radius 2 is 1.84 bits per heavy atom. The third-order valence-corrected chi connectivity index (χ3v) is 6.54. The molecule has 2 N–H and O–H groups in total. The van der Waals surface area contributed by atoms with Crippen LogP contribution in [0, 0.1) is 6.92 Å². The topological polar surface area (TPSA) is 72.6 Å². The van der Waals surface area contributed by atoms with E-state index in [2.05, 4.69) is 0 Å². The predicted molar refractivity (Wildman–Crippen MR) is 122 cm³/mol. The number of hydrogen-bond acceptors (Lipinski definition) is 5. The zero-order chi connectivity index (χ0) is 22.3. The average molecular weight is 457 g/mol. The van der Waals surface area contributed by atoms with Crippen LogP contribution in [0.25, 0.3) is 0 Å². The van der Waals surface area contributed by atoms with Gasteiger partial charge in [0, 0.05) is 27.7 Å². The normalized spacial score (nSPS) is 18.9. The van der Waals surface area contributed by atoms with E-state index in [4.69, 9.17) is 33.7 Å². The zero-order valence-corrected chi connectivity index (χ0v) is 18.8. The van der Waals surface area contributed by atoms with Crippen molar-refractivity contribution in [2.45, 2.75) is 32.1 Å². The van der Waals surface area contributed by atoms with Crippen LogP contribution in [0.15, 0.2) is 65.1 Å². The highest BCUT2D eigenvalue weighted by Gasteiger charge is 2.43. The molecule has 0 saturated carbocycles. The van der Waals surface area contributed by atoms with Crippen LogP contribution in [-0.2, 0) is 14.3 Å². The Kier molecular flexibility index (Phi) is 5.82. The van der Waals surface area contributed by atoms with Gasteiger partial charge in [-0.25, -0.2) is 4.79 Å². The molecule has 0 bridgehead atoms. The molecule has 0 radical (unpaired) electrons. The van der Waals surface area contributed by atoms with Crippen LogP contribution in [0.5, 0.6) is 0 Å². The fraction of sp³-hybridized carbons (Fsp3) is 0.250. The van der Waals surface area contributed by atoms with Crippen LogP contribution in [-0.4, -0.2) is 18.9 Å². The summed E-state index contributed by atoms with van der Waals surface area (Å²) in [5.74, 6) is -0.958. The van der Waals surface area contributed by atoms with Gasteiger partial charge in [-0.15, -0.1) is 0 Å². The lowest BCUT2D eigenvalue weighted by atomic mass is 9.75. The van der Waals surface area contributed by atoms with E-state index in [-0.39, 0.29) is 17.2 Å². The summed E-state index contributed by atoms with van der Waals surface area (Å²) in [7, 11) is 1.31. The molecule has 0 fully saturated rings. The number of ether oxygens (including phenoxy) is 1. The van der Waals surface area contributed by atoms with Crippen molar-refractivity contribution in [1.82, 2.24) is 0 Å². The van der Waals surface area contributed by atoms with Crippen molar-refractivity contribution in [3.8, 4) is 0 Å². The number of ketones is 1. The molecular formula is C24H22Cl2N2O3. The number of Topliss-reactive ketones (excluding diaryl/α,β-unsaturated/α-hetero) is 1. The van der Waals surface area contributed by atoms with Crippen molar-refractivity contribution in [3.63, 3.8) is 0 Å². The molecule has 160 valence electrons. The van der Waals surface area contributed by atoms with Crippen molar-refractivity contribution < 1.29 is 14.3 Å². The van der Waals surface area contributed by atoms with Gasteiger partial charge >= 0.3 is 5.97 Å². The van der Waals surface area contributed by atoms with Crippen molar-refractivity contribution in [3.05, 3.63) is 86.3 Å². The lowest BCUT2D eigenvalue weighted by Crippen LogP contribution is -2.41. The maximum absolute atomic E-state index is 13.2. The minimum Gasteiger partial charge on any atom is -0.466 e. The summed E-state index contributed by atoms with van der Waals surface area (Å²) in [6.07, 6.45) is 1.79. The van der Waals surface area contributed by atoms with Crippen LogP contribution >= 0.6 is 23.2 Å². The lowest BCUT2D eigenvalue weighted by molar-refractivity contribution is -0.136. The molecule has 5 nitrogen and oxygen atoms in total. The molecular weight excluding hydrogens is 435 g/mol. The Labute approximate surface area is 191 Å². The van der Waals surface area contributed by atoms with Gasteiger partial charge in [-0.3, -0.25) is 9.69 Å². The predicted octanol–water partition coefficient (Wildman–Crippen LogP) is 5.26. The molecule has 4 rings (SSSR count). The molecule has 1 aliphatic carbocycles. The first kappa shape index (κ1) is 21.5.